The highest BCUT2D eigenvalue weighted by Gasteiger charge is 2.27. The van der Waals surface area contributed by atoms with Crippen LogP contribution in [0.1, 0.15) is 187 Å². The van der Waals surface area contributed by atoms with Gasteiger partial charge in [0.15, 0.2) is 0 Å². The molecule has 0 saturated carbocycles. The third-order valence-corrected chi connectivity index (χ3v) is 9.68. The molecule has 0 aromatic carbocycles. The number of aliphatic hydroxyl groups excluding tert-OH is 2. The molecule has 0 bridgehead atoms. The first-order valence-electron chi connectivity index (χ1n) is 19.8. The van der Waals surface area contributed by atoms with Gasteiger partial charge in [-0.2, -0.15) is 8.42 Å². The van der Waals surface area contributed by atoms with Crippen molar-refractivity contribution < 1.29 is 28.0 Å². The molecule has 282 valence electrons. The second-order valence-corrected chi connectivity index (χ2v) is 15.2. The fourth-order valence-electron chi connectivity index (χ4n) is 5.82. The Bertz CT molecular complexity index is 917. The zero-order valence-corrected chi connectivity index (χ0v) is 31.8. The first kappa shape index (κ1) is 46.5. The lowest BCUT2D eigenvalue weighted by atomic mass is 10.0. The van der Waals surface area contributed by atoms with Gasteiger partial charge in [-0.15, -0.1) is 0 Å². The summed E-state index contributed by atoms with van der Waals surface area (Å²) < 4.78 is 32.5. The molecule has 4 N–H and O–H groups in total. The standard InChI is InChI=1S/C40H75NO6S/c1-3-5-7-9-11-13-15-17-19-20-21-23-24-26-28-30-32-34-38(42)37(36-48(45,46)47)41-40(44)39(43)35-33-31-29-27-25-22-18-16-14-12-10-8-6-4-2/h14,16,24,26,32,34,37-39,42-43H,3-13,15,17-23,25,27-31,33,35-36H2,1-2H3,(H,41,44)(H,45,46,47)/b16-14-,26-24+,34-32+. The summed E-state index contributed by atoms with van der Waals surface area (Å²) in [6.07, 6.45) is 40.5. The number of aliphatic hydroxyl groups is 2. The van der Waals surface area contributed by atoms with Crippen LogP contribution >= 0.6 is 0 Å². The Kier molecular flexibility index (Phi) is 32.9. The van der Waals surface area contributed by atoms with E-state index >= 15 is 0 Å². The molecule has 0 rings (SSSR count). The summed E-state index contributed by atoms with van der Waals surface area (Å²) in [6.45, 7) is 4.48. The number of rotatable bonds is 35. The number of carbonyl (C=O) groups excluding carboxylic acids is 1. The van der Waals surface area contributed by atoms with Crippen molar-refractivity contribution in [1.29, 1.82) is 0 Å². The van der Waals surface area contributed by atoms with Crippen LogP contribution in [0.15, 0.2) is 36.5 Å². The number of carbonyl (C=O) groups is 1. The van der Waals surface area contributed by atoms with Crippen molar-refractivity contribution >= 4 is 16.0 Å². The third-order valence-electron chi connectivity index (χ3n) is 8.90. The van der Waals surface area contributed by atoms with E-state index in [1.54, 1.807) is 6.08 Å². The van der Waals surface area contributed by atoms with Crippen molar-refractivity contribution in [2.24, 2.45) is 0 Å². The van der Waals surface area contributed by atoms with Crippen molar-refractivity contribution in [3.8, 4) is 0 Å². The van der Waals surface area contributed by atoms with Crippen molar-refractivity contribution in [3.05, 3.63) is 36.5 Å². The maximum Gasteiger partial charge on any atom is 0.267 e. The summed E-state index contributed by atoms with van der Waals surface area (Å²) in [5.41, 5.74) is 0. The Hall–Kier alpha value is -1.48. The van der Waals surface area contributed by atoms with Gasteiger partial charge < -0.3 is 15.5 Å². The summed E-state index contributed by atoms with van der Waals surface area (Å²) >= 11 is 0. The predicted molar refractivity (Wildman–Crippen MR) is 204 cm³/mol. The van der Waals surface area contributed by atoms with E-state index in [0.717, 1.165) is 38.5 Å². The maximum atomic E-state index is 12.6. The van der Waals surface area contributed by atoms with E-state index in [1.807, 2.05) is 0 Å². The van der Waals surface area contributed by atoms with Gasteiger partial charge in [-0.1, -0.05) is 166 Å². The molecule has 1 amide bonds. The molecule has 0 fully saturated rings. The smallest absolute Gasteiger partial charge is 0.267 e. The second-order valence-electron chi connectivity index (χ2n) is 13.7. The third kappa shape index (κ3) is 33.0. The topological polar surface area (TPSA) is 124 Å². The van der Waals surface area contributed by atoms with Crippen molar-refractivity contribution in [2.75, 3.05) is 5.75 Å². The van der Waals surface area contributed by atoms with Crippen molar-refractivity contribution in [3.63, 3.8) is 0 Å². The summed E-state index contributed by atoms with van der Waals surface area (Å²) in [6, 6.07) is -1.25. The number of hydrogen-bond donors (Lipinski definition) is 4. The van der Waals surface area contributed by atoms with E-state index in [-0.39, 0.29) is 6.42 Å². The van der Waals surface area contributed by atoms with Gasteiger partial charge in [-0.25, -0.2) is 0 Å². The maximum absolute atomic E-state index is 12.6. The van der Waals surface area contributed by atoms with E-state index in [2.05, 4.69) is 43.5 Å². The van der Waals surface area contributed by atoms with Crippen molar-refractivity contribution in [2.45, 2.75) is 205 Å². The minimum Gasteiger partial charge on any atom is -0.387 e. The summed E-state index contributed by atoms with van der Waals surface area (Å²) in [5.74, 6) is -1.56. The van der Waals surface area contributed by atoms with Crippen LogP contribution in [0.25, 0.3) is 0 Å². The lowest BCUT2D eigenvalue weighted by molar-refractivity contribution is -0.130. The molecular weight excluding hydrogens is 623 g/mol. The van der Waals surface area contributed by atoms with Crippen LogP contribution < -0.4 is 5.32 Å². The molecule has 3 atom stereocenters. The molecule has 0 aromatic rings. The molecule has 3 unspecified atom stereocenters. The molecule has 0 saturated heterocycles. The molecule has 48 heavy (non-hydrogen) atoms. The van der Waals surface area contributed by atoms with Crippen LogP contribution in [0.4, 0.5) is 0 Å². The van der Waals surface area contributed by atoms with Gasteiger partial charge in [0.1, 0.15) is 6.10 Å². The van der Waals surface area contributed by atoms with Crippen LogP contribution in [0.5, 0.6) is 0 Å². The van der Waals surface area contributed by atoms with Crippen LogP contribution in [-0.4, -0.2) is 53.1 Å². The minimum atomic E-state index is -4.45. The van der Waals surface area contributed by atoms with Gasteiger partial charge in [0.05, 0.1) is 17.9 Å². The molecule has 8 heteroatoms. The first-order chi connectivity index (χ1) is 23.2. The molecule has 0 aliphatic carbocycles. The fourth-order valence-corrected chi connectivity index (χ4v) is 6.55. The van der Waals surface area contributed by atoms with Crippen LogP contribution in [0.2, 0.25) is 0 Å². The van der Waals surface area contributed by atoms with E-state index in [1.165, 1.54) is 122 Å². The second kappa shape index (κ2) is 34.0. The highest BCUT2D eigenvalue weighted by atomic mass is 32.2. The van der Waals surface area contributed by atoms with Crippen molar-refractivity contribution in [1.82, 2.24) is 5.32 Å². The highest BCUT2D eigenvalue weighted by Crippen LogP contribution is 2.14. The number of amides is 1. The average Bonchev–Trinajstić information content (AvgIpc) is 3.05. The lowest BCUT2D eigenvalue weighted by Crippen LogP contribution is -2.50. The predicted octanol–water partition coefficient (Wildman–Crippen LogP) is 10.3. The summed E-state index contributed by atoms with van der Waals surface area (Å²) in [7, 11) is -4.45. The molecule has 0 aromatic heterocycles. The minimum absolute atomic E-state index is 0.267. The molecule has 0 aliphatic rings. The van der Waals surface area contributed by atoms with Gasteiger partial charge in [0.2, 0.25) is 5.91 Å². The lowest BCUT2D eigenvalue weighted by Gasteiger charge is -2.22. The van der Waals surface area contributed by atoms with E-state index in [0.29, 0.717) is 12.8 Å². The van der Waals surface area contributed by atoms with Gasteiger partial charge in [-0.05, 0) is 57.8 Å². The molecule has 0 heterocycles. The largest absolute Gasteiger partial charge is 0.387 e. The van der Waals surface area contributed by atoms with Gasteiger partial charge in [0.25, 0.3) is 10.1 Å². The Morgan fingerprint density at radius 2 is 0.938 bits per heavy atom. The molecule has 0 spiro atoms. The summed E-state index contributed by atoms with van der Waals surface area (Å²) in [4.78, 5) is 12.6. The average molecular weight is 698 g/mol. The fraction of sp³-hybridized carbons (Fsp3) is 0.825. The van der Waals surface area contributed by atoms with Crippen LogP contribution in [0, 0.1) is 0 Å². The Morgan fingerprint density at radius 1 is 0.562 bits per heavy atom. The van der Waals surface area contributed by atoms with E-state index in [4.69, 9.17) is 0 Å². The number of allylic oxidation sites excluding steroid dienone is 5. The first-order valence-corrected chi connectivity index (χ1v) is 21.4. The highest BCUT2D eigenvalue weighted by molar-refractivity contribution is 7.85. The number of nitrogens with one attached hydrogen (secondary N) is 1. The zero-order valence-electron chi connectivity index (χ0n) is 31.0. The summed E-state index contributed by atoms with van der Waals surface area (Å²) in [5, 5.41) is 23.3. The Morgan fingerprint density at radius 3 is 1.40 bits per heavy atom. The van der Waals surface area contributed by atoms with E-state index in [9.17, 15) is 28.0 Å². The normalized spacial score (nSPS) is 14.4. The Labute approximate surface area is 296 Å². The molecule has 7 nitrogen and oxygen atoms in total. The number of unbranched alkanes of at least 4 members (excludes halogenated alkanes) is 22. The molecule has 0 radical (unpaired) electrons. The zero-order chi connectivity index (χ0) is 35.6. The molecular formula is C40H75NO6S. The Balaban J connectivity index is 4.13. The SMILES string of the molecule is CCCCCC/C=C\CCCCCCCCC(O)C(=O)NC(CS(=O)(=O)O)C(O)/C=C/CC/C=C/CCCCCCCCCCCCC. The van der Waals surface area contributed by atoms with Gasteiger partial charge in [0, 0.05) is 0 Å². The van der Waals surface area contributed by atoms with Crippen LogP contribution in [0.3, 0.4) is 0 Å². The van der Waals surface area contributed by atoms with Gasteiger partial charge >= 0.3 is 0 Å². The monoisotopic (exact) mass is 698 g/mol. The van der Waals surface area contributed by atoms with Crippen LogP contribution in [-0.2, 0) is 14.9 Å². The van der Waals surface area contributed by atoms with E-state index < -0.39 is 40.0 Å². The molecule has 0 aliphatic heterocycles. The number of hydrogen-bond acceptors (Lipinski definition) is 5. The van der Waals surface area contributed by atoms with Gasteiger partial charge in [-0.3, -0.25) is 9.35 Å². The quantitative estimate of drug-likeness (QED) is 0.0297.